The van der Waals surface area contributed by atoms with Crippen molar-refractivity contribution >= 4 is 5.78 Å². The molecule has 0 atom stereocenters. The smallest absolute Gasteiger partial charge is 0.233 e. The molecule has 0 spiro atoms. The summed E-state index contributed by atoms with van der Waals surface area (Å²) in [5.41, 5.74) is 0.999. The highest BCUT2D eigenvalue weighted by atomic mass is 15.1. The zero-order valence-electron chi connectivity index (χ0n) is 5.65. The molecule has 3 heteroatoms. The topological polar surface area (TPSA) is 30.2 Å². The Bertz CT molecular complexity index is 317. The van der Waals surface area contributed by atoms with E-state index in [-0.39, 0.29) is 0 Å². The Kier molecular flexibility index (Phi) is 0.974. The molecule has 3 nitrogen and oxygen atoms in total. The average molecular weight is 133 g/mol. The number of rotatable bonds is 0. The van der Waals surface area contributed by atoms with Crippen LogP contribution in [0.25, 0.3) is 5.78 Å². The van der Waals surface area contributed by atoms with Gasteiger partial charge in [0.1, 0.15) is 0 Å². The van der Waals surface area contributed by atoms with Gasteiger partial charge in [-0.05, 0) is 13.0 Å². The van der Waals surface area contributed by atoms with Gasteiger partial charge < -0.3 is 0 Å². The molecule has 0 aliphatic carbocycles. The van der Waals surface area contributed by atoms with Crippen LogP contribution in [0.1, 0.15) is 5.69 Å². The zero-order valence-corrected chi connectivity index (χ0v) is 5.65. The molecule has 0 unspecified atom stereocenters. The van der Waals surface area contributed by atoms with Crippen LogP contribution in [-0.4, -0.2) is 14.4 Å². The highest BCUT2D eigenvalue weighted by Gasteiger charge is 1.93. The highest BCUT2D eigenvalue weighted by molar-refractivity contribution is 5.28. The average Bonchev–Trinajstić information content (AvgIpc) is 2.27. The van der Waals surface area contributed by atoms with E-state index in [1.807, 2.05) is 29.8 Å². The van der Waals surface area contributed by atoms with Gasteiger partial charge >= 0.3 is 0 Å². The minimum absolute atomic E-state index is 0.764. The molecule has 2 rings (SSSR count). The van der Waals surface area contributed by atoms with E-state index < -0.39 is 0 Å². The van der Waals surface area contributed by atoms with Crippen molar-refractivity contribution in [3.05, 3.63) is 30.4 Å². The first-order valence-corrected chi connectivity index (χ1v) is 3.12. The first-order valence-electron chi connectivity index (χ1n) is 3.12. The van der Waals surface area contributed by atoms with Gasteiger partial charge in [-0.1, -0.05) is 0 Å². The van der Waals surface area contributed by atoms with E-state index >= 15 is 0 Å². The van der Waals surface area contributed by atoms with Crippen molar-refractivity contribution in [1.82, 2.24) is 14.4 Å². The van der Waals surface area contributed by atoms with Crippen molar-refractivity contribution in [3.8, 4) is 0 Å². The van der Waals surface area contributed by atoms with Crippen LogP contribution in [-0.2, 0) is 0 Å². The summed E-state index contributed by atoms with van der Waals surface area (Å²) in [6, 6.07) is 1.88. The summed E-state index contributed by atoms with van der Waals surface area (Å²) >= 11 is 0. The monoisotopic (exact) mass is 133 g/mol. The third-order valence-electron chi connectivity index (χ3n) is 1.36. The first-order chi connectivity index (χ1) is 4.86. The summed E-state index contributed by atoms with van der Waals surface area (Å²) in [5.74, 6) is 0.764. The molecule has 0 amide bonds. The van der Waals surface area contributed by atoms with E-state index in [4.69, 9.17) is 0 Å². The number of aryl methyl sites for hydroxylation is 1. The molecule has 2 aromatic heterocycles. The Hall–Kier alpha value is -1.38. The molecule has 0 radical (unpaired) electrons. The Morgan fingerprint density at radius 1 is 1.50 bits per heavy atom. The van der Waals surface area contributed by atoms with E-state index in [9.17, 15) is 0 Å². The molecular formula is C7H7N3. The minimum Gasteiger partial charge on any atom is -0.291 e. The van der Waals surface area contributed by atoms with Crippen molar-refractivity contribution in [2.75, 3.05) is 0 Å². The van der Waals surface area contributed by atoms with Crippen LogP contribution in [0.15, 0.2) is 24.7 Å². The lowest BCUT2D eigenvalue weighted by Gasteiger charge is -1.85. The molecule has 0 saturated carbocycles. The van der Waals surface area contributed by atoms with Crippen molar-refractivity contribution in [2.24, 2.45) is 0 Å². The second-order valence-electron chi connectivity index (χ2n) is 2.21. The van der Waals surface area contributed by atoms with Gasteiger partial charge in [0, 0.05) is 18.6 Å². The van der Waals surface area contributed by atoms with Crippen LogP contribution < -0.4 is 0 Å². The van der Waals surface area contributed by atoms with Gasteiger partial charge in [-0.25, -0.2) is 9.97 Å². The van der Waals surface area contributed by atoms with Crippen LogP contribution in [0, 0.1) is 6.92 Å². The molecule has 10 heavy (non-hydrogen) atoms. The van der Waals surface area contributed by atoms with Gasteiger partial charge in [0.25, 0.3) is 0 Å². The lowest BCUT2D eigenvalue weighted by molar-refractivity contribution is 1.11. The van der Waals surface area contributed by atoms with E-state index in [0.717, 1.165) is 11.5 Å². The molecule has 2 heterocycles. The first kappa shape index (κ1) is 5.41. The quantitative estimate of drug-likeness (QED) is 0.537. The van der Waals surface area contributed by atoms with Crippen LogP contribution in [0.3, 0.4) is 0 Å². The van der Waals surface area contributed by atoms with E-state index in [1.165, 1.54) is 0 Å². The Balaban J connectivity index is 2.88. The summed E-state index contributed by atoms with van der Waals surface area (Å²) in [7, 11) is 0. The SMILES string of the molecule is Cc1cn2cccnc2n1. The molecular weight excluding hydrogens is 126 g/mol. The number of fused-ring (bicyclic) bond motifs is 1. The summed E-state index contributed by atoms with van der Waals surface area (Å²) in [6.07, 6.45) is 5.62. The summed E-state index contributed by atoms with van der Waals surface area (Å²) in [5, 5.41) is 0. The highest BCUT2D eigenvalue weighted by Crippen LogP contribution is 1.98. The number of nitrogens with zero attached hydrogens (tertiary/aromatic N) is 3. The van der Waals surface area contributed by atoms with Gasteiger partial charge in [0.05, 0.1) is 5.69 Å². The molecule has 0 aliphatic rings. The fourth-order valence-corrected chi connectivity index (χ4v) is 0.950. The van der Waals surface area contributed by atoms with E-state index in [0.29, 0.717) is 0 Å². The van der Waals surface area contributed by atoms with Crippen LogP contribution in [0.5, 0.6) is 0 Å². The number of aromatic nitrogens is 3. The molecule has 2 aromatic rings. The largest absolute Gasteiger partial charge is 0.291 e. The summed E-state index contributed by atoms with van der Waals surface area (Å²) < 4.78 is 1.90. The fourth-order valence-electron chi connectivity index (χ4n) is 0.950. The second-order valence-corrected chi connectivity index (χ2v) is 2.21. The normalized spacial score (nSPS) is 10.5. The number of hydrogen-bond donors (Lipinski definition) is 0. The zero-order chi connectivity index (χ0) is 6.97. The fraction of sp³-hybridized carbons (Fsp3) is 0.143. The molecule has 0 fully saturated rings. The summed E-state index contributed by atoms with van der Waals surface area (Å²) in [4.78, 5) is 8.22. The van der Waals surface area contributed by atoms with Gasteiger partial charge in [-0.3, -0.25) is 4.40 Å². The van der Waals surface area contributed by atoms with Crippen LogP contribution in [0.4, 0.5) is 0 Å². The third kappa shape index (κ3) is 0.673. The molecule has 0 aliphatic heterocycles. The van der Waals surface area contributed by atoms with Crippen molar-refractivity contribution in [2.45, 2.75) is 6.92 Å². The Morgan fingerprint density at radius 2 is 2.40 bits per heavy atom. The van der Waals surface area contributed by atoms with Gasteiger partial charge in [-0.15, -0.1) is 0 Å². The second kappa shape index (κ2) is 1.80. The van der Waals surface area contributed by atoms with Crippen molar-refractivity contribution < 1.29 is 0 Å². The van der Waals surface area contributed by atoms with E-state index in [1.54, 1.807) is 6.20 Å². The summed E-state index contributed by atoms with van der Waals surface area (Å²) in [6.45, 7) is 1.95. The Labute approximate surface area is 58.4 Å². The lowest BCUT2D eigenvalue weighted by atomic mass is 10.6. The van der Waals surface area contributed by atoms with Crippen molar-refractivity contribution in [1.29, 1.82) is 0 Å². The minimum atomic E-state index is 0.764. The Morgan fingerprint density at radius 3 is 3.20 bits per heavy atom. The van der Waals surface area contributed by atoms with Crippen molar-refractivity contribution in [3.63, 3.8) is 0 Å². The predicted molar refractivity (Wildman–Crippen MR) is 37.7 cm³/mol. The number of hydrogen-bond acceptors (Lipinski definition) is 2. The van der Waals surface area contributed by atoms with Crippen LogP contribution in [0.2, 0.25) is 0 Å². The third-order valence-corrected chi connectivity index (χ3v) is 1.36. The molecule has 0 aromatic carbocycles. The maximum atomic E-state index is 4.16. The molecule has 0 saturated heterocycles. The number of imidazole rings is 1. The van der Waals surface area contributed by atoms with Gasteiger partial charge in [0.2, 0.25) is 5.78 Å². The standard InChI is InChI=1S/C7H7N3/c1-6-5-10-4-2-3-8-7(10)9-6/h2-5H,1H3. The molecule has 0 bridgehead atoms. The van der Waals surface area contributed by atoms with Crippen LogP contribution >= 0.6 is 0 Å². The lowest BCUT2D eigenvalue weighted by Crippen LogP contribution is -1.82. The van der Waals surface area contributed by atoms with Gasteiger partial charge in [0.15, 0.2) is 0 Å². The van der Waals surface area contributed by atoms with Gasteiger partial charge in [-0.2, -0.15) is 0 Å². The van der Waals surface area contributed by atoms with E-state index in [2.05, 4.69) is 9.97 Å². The maximum absolute atomic E-state index is 4.16. The predicted octanol–water partition coefficient (Wildman–Crippen LogP) is 1.04. The molecule has 50 valence electrons. The maximum Gasteiger partial charge on any atom is 0.233 e. The molecule has 0 N–H and O–H groups in total.